The SMILES string of the molecule is N#Cc1ccccc1NC(=O)c1ccc(COc2ccc3c(c2)CCC3)o1. The van der Waals surface area contributed by atoms with Gasteiger partial charge in [0.15, 0.2) is 5.76 Å². The maximum atomic E-state index is 12.3. The molecule has 0 bridgehead atoms. The van der Waals surface area contributed by atoms with Crippen molar-refractivity contribution in [2.45, 2.75) is 25.9 Å². The molecule has 0 unspecified atom stereocenters. The number of aryl methyl sites for hydroxylation is 2. The predicted octanol–water partition coefficient (Wildman–Crippen LogP) is 4.47. The Morgan fingerprint density at radius 1 is 1.11 bits per heavy atom. The normalized spacial score (nSPS) is 12.3. The summed E-state index contributed by atoms with van der Waals surface area (Å²) in [6.07, 6.45) is 3.44. The monoisotopic (exact) mass is 358 g/mol. The van der Waals surface area contributed by atoms with Gasteiger partial charge in [0.05, 0.1) is 11.3 Å². The van der Waals surface area contributed by atoms with E-state index >= 15 is 0 Å². The molecule has 1 aromatic heterocycles. The van der Waals surface area contributed by atoms with Crippen molar-refractivity contribution in [3.05, 3.63) is 82.8 Å². The second-order valence-electron chi connectivity index (χ2n) is 6.45. The Labute approximate surface area is 157 Å². The molecular weight excluding hydrogens is 340 g/mol. The zero-order chi connectivity index (χ0) is 18.6. The van der Waals surface area contributed by atoms with E-state index in [1.165, 1.54) is 17.5 Å². The third-order valence-electron chi connectivity index (χ3n) is 4.63. The minimum absolute atomic E-state index is 0.176. The van der Waals surface area contributed by atoms with Crippen LogP contribution in [0.1, 0.15) is 39.4 Å². The second-order valence-corrected chi connectivity index (χ2v) is 6.45. The molecule has 5 nitrogen and oxygen atoms in total. The number of hydrogen-bond acceptors (Lipinski definition) is 4. The largest absolute Gasteiger partial charge is 0.486 e. The van der Waals surface area contributed by atoms with E-state index in [9.17, 15) is 4.79 Å². The Hall–Kier alpha value is -3.52. The zero-order valence-corrected chi connectivity index (χ0v) is 14.7. The van der Waals surface area contributed by atoms with E-state index in [0.29, 0.717) is 17.0 Å². The highest BCUT2D eigenvalue weighted by Crippen LogP contribution is 2.26. The number of nitrogens with one attached hydrogen (secondary N) is 1. The van der Waals surface area contributed by atoms with Crippen LogP contribution in [-0.2, 0) is 19.4 Å². The molecule has 1 amide bonds. The topological polar surface area (TPSA) is 75.3 Å². The van der Waals surface area contributed by atoms with Crippen LogP contribution in [0.25, 0.3) is 0 Å². The number of ether oxygens (including phenoxy) is 1. The van der Waals surface area contributed by atoms with Crippen LogP contribution in [0, 0.1) is 11.3 Å². The molecule has 0 spiro atoms. The van der Waals surface area contributed by atoms with Crippen molar-refractivity contribution in [3.8, 4) is 11.8 Å². The molecule has 0 saturated carbocycles. The van der Waals surface area contributed by atoms with Crippen LogP contribution in [0.2, 0.25) is 0 Å². The van der Waals surface area contributed by atoms with Gasteiger partial charge in [-0.2, -0.15) is 5.26 Å². The summed E-state index contributed by atoms with van der Waals surface area (Å²) < 4.78 is 11.4. The van der Waals surface area contributed by atoms with Crippen molar-refractivity contribution in [2.24, 2.45) is 0 Å². The maximum absolute atomic E-state index is 12.3. The summed E-state index contributed by atoms with van der Waals surface area (Å²) in [5.74, 6) is 1.15. The van der Waals surface area contributed by atoms with Gasteiger partial charge in [-0.05, 0) is 66.8 Å². The van der Waals surface area contributed by atoms with Gasteiger partial charge in [-0.15, -0.1) is 0 Å². The third kappa shape index (κ3) is 3.70. The summed E-state index contributed by atoms with van der Waals surface area (Å²) in [6.45, 7) is 0.251. The number of rotatable bonds is 5. The summed E-state index contributed by atoms with van der Waals surface area (Å²) >= 11 is 0. The number of para-hydroxylation sites is 1. The van der Waals surface area contributed by atoms with Crippen LogP contribution in [-0.4, -0.2) is 5.91 Å². The average molecular weight is 358 g/mol. The number of nitriles is 1. The van der Waals surface area contributed by atoms with Crippen LogP contribution in [0.3, 0.4) is 0 Å². The van der Waals surface area contributed by atoms with Crippen LogP contribution in [0.15, 0.2) is 59.0 Å². The summed E-state index contributed by atoms with van der Waals surface area (Å²) in [4.78, 5) is 12.3. The molecule has 0 radical (unpaired) electrons. The number of hydrogen-bond donors (Lipinski definition) is 1. The van der Waals surface area contributed by atoms with Crippen LogP contribution >= 0.6 is 0 Å². The van der Waals surface area contributed by atoms with Crippen molar-refractivity contribution in [2.75, 3.05) is 5.32 Å². The fourth-order valence-electron chi connectivity index (χ4n) is 3.24. The van der Waals surface area contributed by atoms with E-state index in [0.717, 1.165) is 18.6 Å². The minimum atomic E-state index is -0.401. The van der Waals surface area contributed by atoms with E-state index in [-0.39, 0.29) is 12.4 Å². The van der Waals surface area contributed by atoms with Gasteiger partial charge in [-0.3, -0.25) is 4.79 Å². The lowest BCUT2D eigenvalue weighted by Crippen LogP contribution is -2.11. The fraction of sp³-hybridized carbons (Fsp3) is 0.182. The van der Waals surface area contributed by atoms with Crippen molar-refractivity contribution in [3.63, 3.8) is 0 Å². The van der Waals surface area contributed by atoms with E-state index in [1.54, 1.807) is 36.4 Å². The fourth-order valence-corrected chi connectivity index (χ4v) is 3.24. The number of carbonyl (C=O) groups is 1. The summed E-state index contributed by atoms with van der Waals surface area (Å²) in [5.41, 5.74) is 3.61. The van der Waals surface area contributed by atoms with E-state index < -0.39 is 5.91 Å². The van der Waals surface area contributed by atoms with Crippen molar-refractivity contribution in [1.29, 1.82) is 5.26 Å². The molecule has 134 valence electrons. The van der Waals surface area contributed by atoms with Gasteiger partial charge in [0.2, 0.25) is 0 Å². The quantitative estimate of drug-likeness (QED) is 0.730. The summed E-state index contributed by atoms with van der Waals surface area (Å²) in [7, 11) is 0. The highest BCUT2D eigenvalue weighted by atomic mass is 16.5. The van der Waals surface area contributed by atoms with Crippen LogP contribution < -0.4 is 10.1 Å². The third-order valence-corrected chi connectivity index (χ3v) is 4.63. The lowest BCUT2D eigenvalue weighted by molar-refractivity contribution is 0.0992. The first kappa shape index (κ1) is 16.9. The summed E-state index contributed by atoms with van der Waals surface area (Å²) in [6, 6.07) is 18.4. The Morgan fingerprint density at radius 2 is 1.96 bits per heavy atom. The van der Waals surface area contributed by atoms with Gasteiger partial charge >= 0.3 is 0 Å². The lowest BCUT2D eigenvalue weighted by Gasteiger charge is -2.07. The summed E-state index contributed by atoms with van der Waals surface area (Å²) in [5, 5.41) is 11.8. The predicted molar refractivity (Wildman–Crippen MR) is 101 cm³/mol. The molecule has 0 atom stereocenters. The molecule has 5 heteroatoms. The van der Waals surface area contributed by atoms with Crippen molar-refractivity contribution in [1.82, 2.24) is 0 Å². The van der Waals surface area contributed by atoms with Gasteiger partial charge in [0, 0.05) is 0 Å². The Kier molecular flexibility index (Phi) is 4.63. The molecule has 0 saturated heterocycles. The smallest absolute Gasteiger partial charge is 0.291 e. The number of amides is 1. The number of nitrogens with zero attached hydrogens (tertiary/aromatic N) is 1. The first-order chi connectivity index (χ1) is 13.2. The average Bonchev–Trinajstić information content (AvgIpc) is 3.35. The highest BCUT2D eigenvalue weighted by molar-refractivity contribution is 6.03. The molecule has 0 aliphatic heterocycles. The van der Waals surface area contributed by atoms with Gasteiger partial charge in [-0.1, -0.05) is 18.2 Å². The number of carbonyl (C=O) groups excluding carboxylic acids is 1. The van der Waals surface area contributed by atoms with E-state index in [1.807, 2.05) is 12.1 Å². The molecule has 1 aliphatic carbocycles. The number of fused-ring (bicyclic) bond motifs is 1. The molecule has 4 rings (SSSR count). The molecule has 1 N–H and O–H groups in total. The molecule has 1 aliphatic rings. The van der Waals surface area contributed by atoms with E-state index in [4.69, 9.17) is 14.4 Å². The van der Waals surface area contributed by atoms with E-state index in [2.05, 4.69) is 17.4 Å². The van der Waals surface area contributed by atoms with Gasteiger partial charge < -0.3 is 14.5 Å². The number of anilines is 1. The van der Waals surface area contributed by atoms with Crippen LogP contribution in [0.4, 0.5) is 5.69 Å². The Balaban J connectivity index is 1.39. The molecule has 3 aromatic rings. The highest BCUT2D eigenvalue weighted by Gasteiger charge is 2.14. The molecule has 2 aromatic carbocycles. The van der Waals surface area contributed by atoms with Gasteiger partial charge in [0.1, 0.15) is 24.2 Å². The second kappa shape index (κ2) is 7.38. The first-order valence-electron chi connectivity index (χ1n) is 8.87. The van der Waals surface area contributed by atoms with Crippen molar-refractivity contribution < 1.29 is 13.9 Å². The number of furan rings is 1. The van der Waals surface area contributed by atoms with Gasteiger partial charge in [-0.25, -0.2) is 0 Å². The molecule has 27 heavy (non-hydrogen) atoms. The van der Waals surface area contributed by atoms with Crippen LogP contribution in [0.5, 0.6) is 5.75 Å². The zero-order valence-electron chi connectivity index (χ0n) is 14.7. The molecule has 1 heterocycles. The Morgan fingerprint density at radius 3 is 2.85 bits per heavy atom. The molecule has 0 fully saturated rings. The van der Waals surface area contributed by atoms with Crippen molar-refractivity contribution >= 4 is 11.6 Å². The molecular formula is C22H18N2O3. The number of benzene rings is 2. The lowest BCUT2D eigenvalue weighted by atomic mass is 10.1. The Bertz CT molecular complexity index is 1030. The van der Waals surface area contributed by atoms with Gasteiger partial charge in [0.25, 0.3) is 5.91 Å². The maximum Gasteiger partial charge on any atom is 0.291 e. The standard InChI is InChI=1S/C22H18N2O3/c23-13-17-4-1-2-7-20(17)24-22(25)21-11-10-19(27-21)14-26-18-9-8-15-5-3-6-16(15)12-18/h1-2,4,7-12H,3,5-6,14H2,(H,24,25). The first-order valence-corrected chi connectivity index (χ1v) is 8.87. The minimum Gasteiger partial charge on any atom is -0.486 e.